The second-order valence-electron chi connectivity index (χ2n) is 6.87. The van der Waals surface area contributed by atoms with Gasteiger partial charge < -0.3 is 20.1 Å². The molecule has 3 rings (SSSR count). The zero-order valence-electron chi connectivity index (χ0n) is 15.2. The van der Waals surface area contributed by atoms with Crippen molar-refractivity contribution in [2.45, 2.75) is 38.2 Å². The predicted octanol–water partition coefficient (Wildman–Crippen LogP) is 2.54. The second kappa shape index (κ2) is 9.78. The first-order valence-corrected chi connectivity index (χ1v) is 9.63. The molecule has 2 N–H and O–H groups in total. The number of hydrogen-bond acceptors (Lipinski definition) is 3. The Morgan fingerprint density at radius 1 is 1.28 bits per heavy atom. The van der Waals surface area contributed by atoms with Crippen molar-refractivity contribution in [3.63, 3.8) is 0 Å². The Balaban J connectivity index is 1.33. The van der Waals surface area contributed by atoms with Crippen LogP contribution in [0.1, 0.15) is 37.7 Å². The molecular weight excluding hydrogens is 314 g/mol. The summed E-state index contributed by atoms with van der Waals surface area (Å²) in [7, 11) is 0. The van der Waals surface area contributed by atoms with Crippen LogP contribution in [0.15, 0.2) is 35.3 Å². The lowest BCUT2D eigenvalue weighted by Crippen LogP contribution is -2.38. The molecule has 0 aromatic heterocycles. The average Bonchev–Trinajstić information content (AvgIpc) is 3.24. The number of nitrogens with zero attached hydrogens (tertiary/aromatic N) is 1. The fourth-order valence-electron chi connectivity index (χ4n) is 3.28. The summed E-state index contributed by atoms with van der Waals surface area (Å²) < 4.78 is 11.1. The number of aliphatic imine (C=N–C) groups is 1. The highest BCUT2D eigenvalue weighted by Crippen LogP contribution is 2.47. The van der Waals surface area contributed by atoms with Crippen molar-refractivity contribution in [2.24, 2.45) is 10.9 Å². The second-order valence-corrected chi connectivity index (χ2v) is 6.87. The van der Waals surface area contributed by atoms with E-state index in [4.69, 9.17) is 14.5 Å². The number of nitrogens with one attached hydrogen (secondary N) is 2. The largest absolute Gasteiger partial charge is 0.379 e. The molecule has 1 aliphatic heterocycles. The minimum absolute atomic E-state index is 0.298. The average molecular weight is 345 g/mol. The molecule has 1 aromatic rings. The minimum Gasteiger partial charge on any atom is -0.379 e. The minimum atomic E-state index is 0.298. The van der Waals surface area contributed by atoms with Gasteiger partial charge in [0.05, 0.1) is 12.7 Å². The van der Waals surface area contributed by atoms with Gasteiger partial charge in [-0.2, -0.15) is 0 Å². The van der Waals surface area contributed by atoms with Gasteiger partial charge >= 0.3 is 0 Å². The summed E-state index contributed by atoms with van der Waals surface area (Å²) >= 11 is 0. The van der Waals surface area contributed by atoms with Crippen molar-refractivity contribution < 1.29 is 9.47 Å². The summed E-state index contributed by atoms with van der Waals surface area (Å²) in [5.74, 6) is 2.30. The standard InChI is InChI=1S/C20H31N3O2/c1-2-21-20(22-10-6-11-25-18-9-12-24-15-18)23-14-17-13-19(17)16-7-4-3-5-8-16/h3-5,7-8,17-19H,2,6,9-15H2,1H3,(H2,21,22,23). The Labute approximate surface area is 151 Å². The molecule has 2 aliphatic rings. The van der Waals surface area contributed by atoms with E-state index in [1.807, 2.05) is 0 Å². The number of benzene rings is 1. The van der Waals surface area contributed by atoms with Crippen LogP contribution >= 0.6 is 0 Å². The first kappa shape index (κ1) is 18.2. The molecule has 1 saturated carbocycles. The summed E-state index contributed by atoms with van der Waals surface area (Å²) in [6.45, 7) is 7.13. The van der Waals surface area contributed by atoms with Crippen LogP contribution in [0.4, 0.5) is 0 Å². The molecule has 5 nitrogen and oxygen atoms in total. The van der Waals surface area contributed by atoms with Crippen molar-refractivity contribution in [1.82, 2.24) is 10.6 Å². The first-order valence-electron chi connectivity index (χ1n) is 9.63. The quantitative estimate of drug-likeness (QED) is 0.410. The van der Waals surface area contributed by atoms with Crippen LogP contribution in [0.3, 0.4) is 0 Å². The van der Waals surface area contributed by atoms with Crippen LogP contribution in [-0.4, -0.2) is 51.5 Å². The molecule has 138 valence electrons. The van der Waals surface area contributed by atoms with E-state index in [9.17, 15) is 0 Å². The molecule has 0 amide bonds. The SMILES string of the molecule is CCNC(=NCC1CC1c1ccccc1)NCCCOC1CCOC1. The number of rotatable bonds is 9. The van der Waals surface area contributed by atoms with Gasteiger partial charge in [0.15, 0.2) is 5.96 Å². The maximum absolute atomic E-state index is 5.79. The highest BCUT2D eigenvalue weighted by atomic mass is 16.5. The van der Waals surface area contributed by atoms with E-state index >= 15 is 0 Å². The lowest BCUT2D eigenvalue weighted by atomic mass is 10.1. The van der Waals surface area contributed by atoms with Crippen LogP contribution < -0.4 is 10.6 Å². The third kappa shape index (κ3) is 6.01. The van der Waals surface area contributed by atoms with Gasteiger partial charge in [0.2, 0.25) is 0 Å². The molecule has 0 spiro atoms. The van der Waals surface area contributed by atoms with Crippen LogP contribution in [0.5, 0.6) is 0 Å². The fraction of sp³-hybridized carbons (Fsp3) is 0.650. The van der Waals surface area contributed by atoms with E-state index in [1.165, 1.54) is 12.0 Å². The Morgan fingerprint density at radius 3 is 2.92 bits per heavy atom. The van der Waals surface area contributed by atoms with E-state index in [1.54, 1.807) is 0 Å². The molecule has 1 aliphatic carbocycles. The predicted molar refractivity (Wildman–Crippen MR) is 101 cm³/mol. The van der Waals surface area contributed by atoms with Crippen LogP contribution in [0, 0.1) is 5.92 Å². The van der Waals surface area contributed by atoms with Crippen LogP contribution in [0.2, 0.25) is 0 Å². The van der Waals surface area contributed by atoms with Crippen molar-refractivity contribution in [2.75, 3.05) is 39.5 Å². The van der Waals surface area contributed by atoms with E-state index in [0.717, 1.165) is 58.3 Å². The molecule has 1 saturated heterocycles. The van der Waals surface area contributed by atoms with Gasteiger partial charge in [-0.3, -0.25) is 4.99 Å². The molecule has 2 fully saturated rings. The Hall–Kier alpha value is -1.59. The third-order valence-corrected chi connectivity index (χ3v) is 4.83. The summed E-state index contributed by atoms with van der Waals surface area (Å²) in [6, 6.07) is 10.8. The summed E-state index contributed by atoms with van der Waals surface area (Å²) in [5, 5.41) is 6.74. The van der Waals surface area contributed by atoms with Gasteiger partial charge in [-0.25, -0.2) is 0 Å². The molecule has 0 radical (unpaired) electrons. The van der Waals surface area contributed by atoms with Gasteiger partial charge in [-0.05, 0) is 43.6 Å². The lowest BCUT2D eigenvalue weighted by Gasteiger charge is -2.13. The molecule has 5 heteroatoms. The van der Waals surface area contributed by atoms with Crippen molar-refractivity contribution in [1.29, 1.82) is 0 Å². The number of ether oxygens (including phenoxy) is 2. The fourth-order valence-corrected chi connectivity index (χ4v) is 3.28. The highest BCUT2D eigenvalue weighted by Gasteiger charge is 2.37. The van der Waals surface area contributed by atoms with E-state index in [0.29, 0.717) is 17.9 Å². The maximum Gasteiger partial charge on any atom is 0.191 e. The molecule has 3 atom stereocenters. The number of guanidine groups is 1. The van der Waals surface area contributed by atoms with Crippen molar-refractivity contribution >= 4 is 5.96 Å². The third-order valence-electron chi connectivity index (χ3n) is 4.83. The smallest absolute Gasteiger partial charge is 0.191 e. The van der Waals surface area contributed by atoms with Gasteiger partial charge in [0.25, 0.3) is 0 Å². The normalized spacial score (nSPS) is 25.8. The van der Waals surface area contributed by atoms with Crippen LogP contribution in [-0.2, 0) is 9.47 Å². The number of hydrogen-bond donors (Lipinski definition) is 2. The molecule has 1 aromatic carbocycles. The van der Waals surface area contributed by atoms with Gasteiger partial charge in [-0.15, -0.1) is 0 Å². The Bertz CT molecular complexity index is 529. The van der Waals surface area contributed by atoms with E-state index in [2.05, 4.69) is 47.9 Å². The van der Waals surface area contributed by atoms with E-state index in [-0.39, 0.29) is 0 Å². The molecule has 3 unspecified atom stereocenters. The monoisotopic (exact) mass is 345 g/mol. The van der Waals surface area contributed by atoms with Crippen LogP contribution in [0.25, 0.3) is 0 Å². The molecule has 0 bridgehead atoms. The van der Waals surface area contributed by atoms with Crippen molar-refractivity contribution in [3.8, 4) is 0 Å². The molecular formula is C20H31N3O2. The Kier molecular flexibility index (Phi) is 7.12. The zero-order chi connectivity index (χ0) is 17.3. The topological polar surface area (TPSA) is 54.9 Å². The van der Waals surface area contributed by atoms with Gasteiger partial charge in [0.1, 0.15) is 0 Å². The molecule has 1 heterocycles. The summed E-state index contributed by atoms with van der Waals surface area (Å²) in [4.78, 5) is 4.76. The lowest BCUT2D eigenvalue weighted by molar-refractivity contribution is 0.0420. The first-order chi connectivity index (χ1) is 12.4. The zero-order valence-corrected chi connectivity index (χ0v) is 15.2. The Morgan fingerprint density at radius 2 is 2.16 bits per heavy atom. The maximum atomic E-state index is 5.79. The highest BCUT2D eigenvalue weighted by molar-refractivity contribution is 5.79. The van der Waals surface area contributed by atoms with E-state index < -0.39 is 0 Å². The molecule has 25 heavy (non-hydrogen) atoms. The van der Waals surface area contributed by atoms with Gasteiger partial charge in [0, 0.05) is 32.8 Å². The summed E-state index contributed by atoms with van der Waals surface area (Å²) in [5.41, 5.74) is 1.45. The van der Waals surface area contributed by atoms with Gasteiger partial charge in [-0.1, -0.05) is 30.3 Å². The summed E-state index contributed by atoms with van der Waals surface area (Å²) in [6.07, 6.45) is 3.56. The van der Waals surface area contributed by atoms with Crippen molar-refractivity contribution in [3.05, 3.63) is 35.9 Å².